The summed E-state index contributed by atoms with van der Waals surface area (Å²) in [4.78, 5) is 12.3. The number of esters is 1. The number of carbonyl (C=O) groups excluding carboxylic acids is 1. The summed E-state index contributed by atoms with van der Waals surface area (Å²) in [5, 5.41) is 9.42. The third kappa shape index (κ3) is 3.88. The SMILES string of the molecule is CCC(C)(C(=O)OC1(C)CC2CC1CC2CC(O)(C(F)(F)F)C(F)(F)F)C(F)(F)F. The molecule has 2 saturated carbocycles. The van der Waals surface area contributed by atoms with Crippen LogP contribution in [-0.2, 0) is 9.53 Å². The van der Waals surface area contributed by atoms with Gasteiger partial charge in [0.2, 0.25) is 0 Å². The van der Waals surface area contributed by atoms with E-state index in [1.165, 1.54) is 6.92 Å². The van der Waals surface area contributed by atoms with Gasteiger partial charge in [-0.3, -0.25) is 4.79 Å². The van der Waals surface area contributed by atoms with Crippen molar-refractivity contribution >= 4 is 5.97 Å². The van der Waals surface area contributed by atoms with Gasteiger partial charge in [0, 0.05) is 0 Å². The van der Waals surface area contributed by atoms with E-state index in [1.807, 2.05) is 0 Å². The van der Waals surface area contributed by atoms with E-state index < -0.39 is 71.7 Å². The number of alkyl halides is 9. The Bertz CT molecular complexity index is 655. The fourth-order valence-corrected chi connectivity index (χ4v) is 4.58. The lowest BCUT2D eigenvalue weighted by atomic mass is 9.74. The number of carbonyl (C=O) groups is 1. The van der Waals surface area contributed by atoms with Gasteiger partial charge in [-0.2, -0.15) is 39.5 Å². The van der Waals surface area contributed by atoms with Crippen LogP contribution in [0.2, 0.25) is 0 Å². The fraction of sp³-hybridized carbons (Fsp3) is 0.944. The summed E-state index contributed by atoms with van der Waals surface area (Å²) in [6.45, 7) is 3.18. The highest BCUT2D eigenvalue weighted by atomic mass is 19.4. The molecule has 0 aromatic carbocycles. The minimum absolute atomic E-state index is 0.106. The predicted molar refractivity (Wildman–Crippen MR) is 84.9 cm³/mol. The number of aliphatic hydroxyl groups is 1. The van der Waals surface area contributed by atoms with Crippen molar-refractivity contribution in [1.82, 2.24) is 0 Å². The maximum Gasteiger partial charge on any atom is 0.426 e. The molecule has 2 aliphatic rings. The topological polar surface area (TPSA) is 46.5 Å². The molecule has 1 N–H and O–H groups in total. The molecule has 5 atom stereocenters. The Kier molecular flexibility index (Phi) is 5.98. The van der Waals surface area contributed by atoms with Crippen LogP contribution in [0, 0.1) is 23.2 Å². The number of rotatable bonds is 5. The third-order valence-electron chi connectivity index (χ3n) is 6.98. The molecule has 5 unspecified atom stereocenters. The summed E-state index contributed by atoms with van der Waals surface area (Å²) in [5.41, 5.74) is -9.07. The summed E-state index contributed by atoms with van der Waals surface area (Å²) in [5.74, 6) is -4.12. The Morgan fingerprint density at radius 3 is 1.83 bits per heavy atom. The molecule has 12 heteroatoms. The first kappa shape index (κ1) is 25.1. The summed E-state index contributed by atoms with van der Waals surface area (Å²) < 4.78 is 123. The van der Waals surface area contributed by atoms with Crippen LogP contribution in [0.1, 0.15) is 52.9 Å². The van der Waals surface area contributed by atoms with Gasteiger partial charge in [0.25, 0.3) is 5.60 Å². The highest BCUT2D eigenvalue weighted by Crippen LogP contribution is 2.60. The molecular weight excluding hydrogens is 435 g/mol. The second-order valence-electron chi connectivity index (χ2n) is 8.84. The van der Waals surface area contributed by atoms with Gasteiger partial charge in [-0.1, -0.05) is 6.92 Å². The van der Waals surface area contributed by atoms with Crippen molar-refractivity contribution in [2.75, 3.05) is 0 Å². The summed E-state index contributed by atoms with van der Waals surface area (Å²) in [6.07, 6.45) is -19.2. The third-order valence-corrected chi connectivity index (χ3v) is 6.98. The normalized spacial score (nSPS) is 32.2. The van der Waals surface area contributed by atoms with Crippen molar-refractivity contribution in [2.45, 2.75) is 82.6 Å². The van der Waals surface area contributed by atoms with Crippen LogP contribution in [0.4, 0.5) is 39.5 Å². The van der Waals surface area contributed by atoms with Gasteiger partial charge in [0.15, 0.2) is 5.41 Å². The smallest absolute Gasteiger partial charge is 0.426 e. The van der Waals surface area contributed by atoms with Gasteiger partial charge in [0.1, 0.15) is 5.60 Å². The van der Waals surface area contributed by atoms with Crippen molar-refractivity contribution in [3.05, 3.63) is 0 Å². The van der Waals surface area contributed by atoms with Gasteiger partial charge < -0.3 is 9.84 Å². The Balaban J connectivity index is 2.16. The van der Waals surface area contributed by atoms with E-state index in [-0.39, 0.29) is 19.3 Å². The zero-order valence-corrected chi connectivity index (χ0v) is 16.4. The number of fused-ring (bicyclic) bond motifs is 2. The lowest BCUT2D eigenvalue weighted by Crippen LogP contribution is -2.58. The van der Waals surface area contributed by atoms with E-state index in [0.29, 0.717) is 6.92 Å². The van der Waals surface area contributed by atoms with Crippen LogP contribution < -0.4 is 0 Å². The number of halogens is 9. The van der Waals surface area contributed by atoms with E-state index >= 15 is 0 Å². The van der Waals surface area contributed by atoms with Crippen LogP contribution >= 0.6 is 0 Å². The van der Waals surface area contributed by atoms with Crippen molar-refractivity contribution in [3.63, 3.8) is 0 Å². The summed E-state index contributed by atoms with van der Waals surface area (Å²) in [6, 6.07) is 0. The second-order valence-corrected chi connectivity index (χ2v) is 8.84. The Hall–Kier alpha value is -1.20. The Labute approximate surface area is 166 Å². The maximum atomic E-state index is 13.3. The molecular formula is C18H23F9O3. The van der Waals surface area contributed by atoms with Crippen LogP contribution in [0.25, 0.3) is 0 Å². The first-order valence-corrected chi connectivity index (χ1v) is 9.38. The van der Waals surface area contributed by atoms with E-state index in [1.54, 1.807) is 0 Å². The monoisotopic (exact) mass is 458 g/mol. The average molecular weight is 458 g/mol. The first-order valence-electron chi connectivity index (χ1n) is 9.38. The number of hydrogen-bond acceptors (Lipinski definition) is 3. The van der Waals surface area contributed by atoms with E-state index in [9.17, 15) is 49.4 Å². The molecule has 0 saturated heterocycles. The molecule has 30 heavy (non-hydrogen) atoms. The minimum atomic E-state index is -5.93. The average Bonchev–Trinajstić information content (AvgIpc) is 3.07. The molecule has 0 amide bonds. The lowest BCUT2D eigenvalue weighted by Gasteiger charge is -2.41. The second kappa shape index (κ2) is 7.16. The molecule has 2 fully saturated rings. The molecule has 0 spiro atoms. The Morgan fingerprint density at radius 2 is 1.50 bits per heavy atom. The molecule has 0 aliphatic heterocycles. The lowest BCUT2D eigenvalue weighted by molar-refractivity contribution is -0.373. The van der Waals surface area contributed by atoms with Crippen molar-refractivity contribution in [1.29, 1.82) is 0 Å². The van der Waals surface area contributed by atoms with Gasteiger partial charge in [-0.25, -0.2) is 0 Å². The fourth-order valence-electron chi connectivity index (χ4n) is 4.58. The number of hydrogen-bond donors (Lipinski definition) is 1. The van der Waals surface area contributed by atoms with E-state index in [2.05, 4.69) is 0 Å². The standard InChI is InChI=1S/C18H23F9O3/c1-4-13(2,16(19,20)21)12(28)30-14(3)7-9-5-11(14)6-10(9)8-15(29,17(22,23)24)18(25,26)27/h9-11,29H,4-8H2,1-3H3. The molecule has 2 rings (SSSR count). The molecule has 0 aromatic heterocycles. The maximum absolute atomic E-state index is 13.3. The highest BCUT2D eigenvalue weighted by molar-refractivity contribution is 5.78. The van der Waals surface area contributed by atoms with Crippen molar-refractivity contribution < 1.29 is 54.2 Å². The molecule has 3 nitrogen and oxygen atoms in total. The van der Waals surface area contributed by atoms with Gasteiger partial charge in [0.05, 0.1) is 0 Å². The van der Waals surface area contributed by atoms with E-state index in [4.69, 9.17) is 4.74 Å². The zero-order chi connectivity index (χ0) is 23.6. The van der Waals surface area contributed by atoms with Crippen LogP contribution in [-0.4, -0.2) is 40.8 Å². The van der Waals surface area contributed by atoms with Crippen molar-refractivity contribution in [3.8, 4) is 0 Å². The molecule has 2 aliphatic carbocycles. The van der Waals surface area contributed by atoms with Gasteiger partial charge in [-0.15, -0.1) is 0 Å². The predicted octanol–water partition coefficient (Wildman–Crippen LogP) is 5.56. The zero-order valence-electron chi connectivity index (χ0n) is 16.4. The molecule has 2 bridgehead atoms. The van der Waals surface area contributed by atoms with Crippen LogP contribution in [0.3, 0.4) is 0 Å². The van der Waals surface area contributed by atoms with Crippen LogP contribution in [0.15, 0.2) is 0 Å². The highest BCUT2D eigenvalue weighted by Gasteiger charge is 2.72. The minimum Gasteiger partial charge on any atom is -0.458 e. The Morgan fingerprint density at radius 1 is 1.00 bits per heavy atom. The first-order chi connectivity index (χ1) is 13.2. The largest absolute Gasteiger partial charge is 0.458 e. The number of ether oxygens (including phenoxy) is 1. The summed E-state index contributed by atoms with van der Waals surface area (Å²) >= 11 is 0. The van der Waals surface area contributed by atoms with E-state index in [0.717, 1.165) is 6.92 Å². The summed E-state index contributed by atoms with van der Waals surface area (Å²) in [7, 11) is 0. The molecule has 0 heterocycles. The molecule has 0 aromatic rings. The van der Waals surface area contributed by atoms with Crippen molar-refractivity contribution in [2.24, 2.45) is 23.2 Å². The van der Waals surface area contributed by atoms with Gasteiger partial charge in [-0.05, 0) is 63.7 Å². The molecule has 176 valence electrons. The van der Waals surface area contributed by atoms with Gasteiger partial charge >= 0.3 is 24.5 Å². The quantitative estimate of drug-likeness (QED) is 0.434. The van der Waals surface area contributed by atoms with Crippen LogP contribution in [0.5, 0.6) is 0 Å². The molecule has 0 radical (unpaired) electrons.